The van der Waals surface area contributed by atoms with Gasteiger partial charge in [0, 0.05) is 24.9 Å². The van der Waals surface area contributed by atoms with Gasteiger partial charge in [0.15, 0.2) is 0 Å². The van der Waals surface area contributed by atoms with Gasteiger partial charge in [-0.05, 0) is 32.1 Å². The zero-order valence-corrected chi connectivity index (χ0v) is 14.6. The number of rotatable bonds is 11. The molecule has 0 spiro atoms. The Morgan fingerprint density at radius 2 is 1.89 bits per heavy atom. The van der Waals surface area contributed by atoms with Crippen molar-refractivity contribution in [2.45, 2.75) is 52.1 Å². The quantitative estimate of drug-likeness (QED) is 0.594. The minimum absolute atomic E-state index is 0.119. The van der Waals surface area contributed by atoms with Gasteiger partial charge in [0.1, 0.15) is 0 Å². The van der Waals surface area contributed by atoms with Gasteiger partial charge in [0.25, 0.3) is 0 Å². The molecule has 19 heavy (non-hydrogen) atoms. The summed E-state index contributed by atoms with van der Waals surface area (Å²) >= 11 is 1.70. The van der Waals surface area contributed by atoms with Gasteiger partial charge < -0.3 is 5.32 Å². The minimum atomic E-state index is -3.10. The van der Waals surface area contributed by atoms with E-state index in [1.165, 1.54) is 0 Å². The second-order valence-electron chi connectivity index (χ2n) is 5.17. The summed E-state index contributed by atoms with van der Waals surface area (Å²) in [5.74, 6) is 1.12. The molecule has 0 saturated carbocycles. The van der Waals surface area contributed by atoms with Crippen LogP contribution in [0, 0.1) is 0 Å². The summed E-state index contributed by atoms with van der Waals surface area (Å²) in [6, 6.07) is 0.583. The van der Waals surface area contributed by atoms with E-state index in [2.05, 4.69) is 19.2 Å². The monoisotopic (exact) mass is 310 g/mol. The van der Waals surface area contributed by atoms with Crippen LogP contribution in [0.4, 0.5) is 0 Å². The average molecular weight is 311 g/mol. The van der Waals surface area contributed by atoms with Gasteiger partial charge in [-0.2, -0.15) is 11.8 Å². The Kier molecular flexibility index (Phi) is 10.1. The summed E-state index contributed by atoms with van der Waals surface area (Å²) in [5, 5.41) is 3.30. The molecule has 1 unspecified atom stereocenters. The molecule has 0 aliphatic rings. The maximum absolute atomic E-state index is 12.2. The number of nitrogens with one attached hydrogen (secondary N) is 1. The Hall–Kier alpha value is 0.220. The van der Waals surface area contributed by atoms with Crippen molar-refractivity contribution in [2.75, 3.05) is 31.4 Å². The largest absolute Gasteiger partial charge is 0.315 e. The third kappa shape index (κ3) is 8.17. The highest BCUT2D eigenvalue weighted by Gasteiger charge is 2.24. The standard InChI is InChI=1S/C13H30N2O2S2/c1-6-13(11-18-5)15(4)19(16,17)10-8-7-9-14-12(2)3/h12-14H,6-11H2,1-5H3. The Morgan fingerprint density at radius 1 is 1.26 bits per heavy atom. The van der Waals surface area contributed by atoms with Crippen LogP contribution in [0.1, 0.15) is 40.0 Å². The lowest BCUT2D eigenvalue weighted by molar-refractivity contribution is 0.384. The van der Waals surface area contributed by atoms with Gasteiger partial charge in [0.05, 0.1) is 5.75 Å². The first-order valence-electron chi connectivity index (χ1n) is 7.03. The molecule has 0 aromatic heterocycles. The third-order valence-electron chi connectivity index (χ3n) is 3.16. The summed E-state index contributed by atoms with van der Waals surface area (Å²) in [5.41, 5.74) is 0. The first kappa shape index (κ1) is 19.2. The van der Waals surface area contributed by atoms with Crippen LogP contribution in [-0.2, 0) is 10.0 Å². The topological polar surface area (TPSA) is 49.4 Å². The number of sulfonamides is 1. The molecule has 0 fully saturated rings. The first-order valence-corrected chi connectivity index (χ1v) is 10.0. The van der Waals surface area contributed by atoms with E-state index in [4.69, 9.17) is 0 Å². The van der Waals surface area contributed by atoms with Gasteiger partial charge in [-0.25, -0.2) is 12.7 Å². The highest BCUT2D eigenvalue weighted by atomic mass is 32.2. The van der Waals surface area contributed by atoms with E-state index < -0.39 is 10.0 Å². The van der Waals surface area contributed by atoms with Crippen molar-refractivity contribution in [3.05, 3.63) is 0 Å². The SMILES string of the molecule is CCC(CSC)N(C)S(=O)(=O)CCCCNC(C)C. The normalized spacial score (nSPS) is 14.3. The molecular formula is C13H30N2O2S2. The number of hydrogen-bond acceptors (Lipinski definition) is 4. The molecular weight excluding hydrogens is 280 g/mol. The number of unbranched alkanes of at least 4 members (excludes halogenated alkanes) is 1. The van der Waals surface area contributed by atoms with E-state index >= 15 is 0 Å². The van der Waals surface area contributed by atoms with Crippen LogP contribution in [0.3, 0.4) is 0 Å². The van der Waals surface area contributed by atoms with Crippen molar-refractivity contribution in [1.82, 2.24) is 9.62 Å². The van der Waals surface area contributed by atoms with E-state index in [1.54, 1.807) is 23.1 Å². The van der Waals surface area contributed by atoms with Crippen LogP contribution in [0.15, 0.2) is 0 Å². The van der Waals surface area contributed by atoms with Crippen molar-refractivity contribution >= 4 is 21.8 Å². The number of thioether (sulfide) groups is 1. The second-order valence-corrected chi connectivity index (χ2v) is 8.22. The van der Waals surface area contributed by atoms with E-state index in [-0.39, 0.29) is 11.8 Å². The smallest absolute Gasteiger partial charge is 0.214 e. The highest BCUT2D eigenvalue weighted by molar-refractivity contribution is 7.98. The zero-order chi connectivity index (χ0) is 14.9. The molecule has 116 valence electrons. The molecule has 0 bridgehead atoms. The van der Waals surface area contributed by atoms with Gasteiger partial charge in [-0.3, -0.25) is 0 Å². The molecule has 4 nitrogen and oxygen atoms in total. The summed E-state index contributed by atoms with van der Waals surface area (Å²) in [6.07, 6.45) is 4.51. The van der Waals surface area contributed by atoms with Crippen LogP contribution < -0.4 is 5.32 Å². The maximum atomic E-state index is 12.2. The van der Waals surface area contributed by atoms with E-state index in [9.17, 15) is 8.42 Å². The Balaban J connectivity index is 4.15. The Morgan fingerprint density at radius 3 is 2.37 bits per heavy atom. The maximum Gasteiger partial charge on any atom is 0.214 e. The van der Waals surface area contributed by atoms with Gasteiger partial charge in [-0.1, -0.05) is 20.8 Å². The molecule has 0 heterocycles. The number of hydrogen-bond donors (Lipinski definition) is 1. The summed E-state index contributed by atoms with van der Waals surface area (Å²) in [7, 11) is -1.39. The van der Waals surface area contributed by atoms with Crippen molar-refractivity contribution in [3.8, 4) is 0 Å². The molecule has 0 aromatic carbocycles. The van der Waals surface area contributed by atoms with Crippen LogP contribution in [0.25, 0.3) is 0 Å². The van der Waals surface area contributed by atoms with Crippen molar-refractivity contribution in [2.24, 2.45) is 0 Å². The molecule has 0 amide bonds. The lowest BCUT2D eigenvalue weighted by atomic mass is 10.3. The molecule has 0 aromatic rings. The Labute approximate surface area is 123 Å². The summed E-state index contributed by atoms with van der Waals surface area (Å²) < 4.78 is 26.0. The molecule has 0 radical (unpaired) electrons. The summed E-state index contributed by atoms with van der Waals surface area (Å²) in [4.78, 5) is 0. The van der Waals surface area contributed by atoms with E-state index in [0.717, 1.165) is 31.6 Å². The molecule has 6 heteroatoms. The fraction of sp³-hybridized carbons (Fsp3) is 1.00. The summed E-state index contributed by atoms with van der Waals surface area (Å²) in [6.45, 7) is 7.12. The second kappa shape index (κ2) is 10.0. The number of nitrogens with zero attached hydrogens (tertiary/aromatic N) is 1. The zero-order valence-electron chi connectivity index (χ0n) is 13.0. The van der Waals surface area contributed by atoms with E-state index in [1.807, 2.05) is 13.2 Å². The lowest BCUT2D eigenvalue weighted by Gasteiger charge is -2.26. The van der Waals surface area contributed by atoms with Crippen molar-refractivity contribution < 1.29 is 8.42 Å². The van der Waals surface area contributed by atoms with Gasteiger partial charge in [0.2, 0.25) is 10.0 Å². The molecule has 0 aliphatic heterocycles. The fourth-order valence-electron chi connectivity index (χ4n) is 1.84. The average Bonchev–Trinajstić information content (AvgIpc) is 2.34. The predicted molar refractivity (Wildman–Crippen MR) is 86.4 cm³/mol. The Bertz CT molecular complexity index is 319. The lowest BCUT2D eigenvalue weighted by Crippen LogP contribution is -2.39. The van der Waals surface area contributed by atoms with Crippen LogP contribution in [0.5, 0.6) is 0 Å². The van der Waals surface area contributed by atoms with Gasteiger partial charge in [-0.15, -0.1) is 0 Å². The predicted octanol–water partition coefficient (Wildman–Crippen LogP) is 2.17. The van der Waals surface area contributed by atoms with Gasteiger partial charge >= 0.3 is 0 Å². The first-order chi connectivity index (χ1) is 8.85. The minimum Gasteiger partial charge on any atom is -0.315 e. The molecule has 0 aliphatic carbocycles. The van der Waals surface area contributed by atoms with Crippen molar-refractivity contribution in [1.29, 1.82) is 0 Å². The van der Waals surface area contributed by atoms with Crippen LogP contribution in [0.2, 0.25) is 0 Å². The van der Waals surface area contributed by atoms with E-state index in [0.29, 0.717) is 6.04 Å². The van der Waals surface area contributed by atoms with Crippen molar-refractivity contribution in [3.63, 3.8) is 0 Å². The molecule has 0 rings (SSSR count). The molecule has 0 saturated heterocycles. The van der Waals surface area contributed by atoms with Crippen LogP contribution >= 0.6 is 11.8 Å². The molecule has 1 atom stereocenters. The van der Waals surface area contributed by atoms with Crippen LogP contribution in [-0.4, -0.2) is 56.2 Å². The highest BCUT2D eigenvalue weighted by Crippen LogP contribution is 2.13. The third-order valence-corrected chi connectivity index (χ3v) is 5.86. The fourth-order valence-corrected chi connectivity index (χ4v) is 4.32. The molecule has 1 N–H and O–H groups in total.